The first-order valence-corrected chi connectivity index (χ1v) is 14.0. The maximum absolute atomic E-state index is 5.24. The topological polar surface area (TPSA) is 25.8 Å². The summed E-state index contributed by atoms with van der Waals surface area (Å²) in [4.78, 5) is 10.4. The molecule has 0 spiro atoms. The summed E-state index contributed by atoms with van der Waals surface area (Å²) < 4.78 is 2.68. The summed E-state index contributed by atoms with van der Waals surface area (Å²) in [6.45, 7) is 0. The molecule has 9 rings (SSSR count). The molecule has 1 aliphatic rings. The quantitative estimate of drug-likeness (QED) is 0.230. The van der Waals surface area contributed by atoms with E-state index < -0.39 is 0 Å². The smallest absolute Gasteiger partial charge is 0.0979 e. The number of hydrogen-bond donors (Lipinski definition) is 0. The van der Waals surface area contributed by atoms with E-state index in [0.717, 1.165) is 33.5 Å². The second kappa shape index (κ2) is 7.83. The van der Waals surface area contributed by atoms with Gasteiger partial charge in [-0.05, 0) is 57.3 Å². The van der Waals surface area contributed by atoms with E-state index in [1.807, 2.05) is 35.6 Å². The van der Waals surface area contributed by atoms with Crippen LogP contribution in [0.4, 0.5) is 0 Å². The molecule has 0 bridgehead atoms. The van der Waals surface area contributed by atoms with Gasteiger partial charge in [-0.1, -0.05) is 97.1 Å². The van der Waals surface area contributed by atoms with Gasteiger partial charge in [0.05, 0.1) is 22.4 Å². The van der Waals surface area contributed by atoms with Crippen LogP contribution in [0.5, 0.6) is 0 Å². The Bertz CT molecular complexity index is 2210. The third-order valence-corrected chi connectivity index (χ3v) is 9.14. The van der Waals surface area contributed by atoms with E-state index in [4.69, 9.17) is 9.97 Å². The number of benzene rings is 6. The van der Waals surface area contributed by atoms with Crippen LogP contribution >= 0.6 is 11.3 Å². The van der Waals surface area contributed by atoms with Crippen LogP contribution in [0.1, 0.15) is 0 Å². The van der Waals surface area contributed by atoms with E-state index >= 15 is 0 Å². The van der Waals surface area contributed by atoms with Gasteiger partial charge in [-0.3, -0.25) is 0 Å². The molecule has 2 nitrogen and oxygen atoms in total. The minimum atomic E-state index is 0.904. The number of nitrogens with zero attached hydrogens (tertiary/aromatic N) is 2. The molecule has 6 aromatic carbocycles. The fraction of sp³-hybridized carbons (Fsp3) is 0. The molecule has 0 fully saturated rings. The van der Waals surface area contributed by atoms with Gasteiger partial charge in [-0.15, -0.1) is 11.3 Å². The molecule has 0 amide bonds. The Morgan fingerprint density at radius 2 is 0.923 bits per heavy atom. The van der Waals surface area contributed by atoms with Crippen molar-refractivity contribution in [3.8, 4) is 44.8 Å². The summed E-state index contributed by atoms with van der Waals surface area (Å²) in [6, 6.07) is 43.3. The Morgan fingerprint density at radius 1 is 0.385 bits per heavy atom. The molecule has 0 N–H and O–H groups in total. The molecule has 2 heterocycles. The summed E-state index contributed by atoms with van der Waals surface area (Å²) >= 11 is 1.89. The van der Waals surface area contributed by atoms with Crippen molar-refractivity contribution >= 4 is 53.3 Å². The number of rotatable bonds is 2. The monoisotopic (exact) mass is 512 g/mol. The highest BCUT2D eigenvalue weighted by Gasteiger charge is 2.24. The summed E-state index contributed by atoms with van der Waals surface area (Å²) in [5, 5.41) is 5.22. The Balaban J connectivity index is 1.44. The molecule has 2 aromatic heterocycles. The first kappa shape index (κ1) is 21.1. The third kappa shape index (κ3) is 2.91. The highest BCUT2D eigenvalue weighted by Crippen LogP contribution is 2.51. The molecule has 0 unspecified atom stereocenters. The number of aromatic nitrogens is 2. The van der Waals surface area contributed by atoms with Gasteiger partial charge in [-0.2, -0.15) is 0 Å². The van der Waals surface area contributed by atoms with Crippen molar-refractivity contribution in [3.05, 3.63) is 121 Å². The fourth-order valence-corrected chi connectivity index (χ4v) is 7.52. The first-order chi connectivity index (χ1) is 19.3. The van der Waals surface area contributed by atoms with Crippen LogP contribution < -0.4 is 0 Å². The lowest BCUT2D eigenvalue weighted by Crippen LogP contribution is -1.97. The van der Waals surface area contributed by atoms with E-state index in [1.165, 1.54) is 53.2 Å². The van der Waals surface area contributed by atoms with Crippen molar-refractivity contribution in [3.63, 3.8) is 0 Å². The average Bonchev–Trinajstić information content (AvgIpc) is 3.33. The zero-order valence-corrected chi connectivity index (χ0v) is 21.7. The maximum atomic E-state index is 5.24. The van der Waals surface area contributed by atoms with Crippen molar-refractivity contribution in [2.24, 2.45) is 0 Å². The van der Waals surface area contributed by atoms with Gasteiger partial charge < -0.3 is 0 Å². The minimum absolute atomic E-state index is 0.904. The average molecular weight is 513 g/mol. The van der Waals surface area contributed by atoms with Gasteiger partial charge in [0, 0.05) is 31.3 Å². The van der Waals surface area contributed by atoms with Crippen molar-refractivity contribution in [1.82, 2.24) is 9.97 Å². The predicted octanol–water partition coefficient (Wildman–Crippen LogP) is 10.1. The van der Waals surface area contributed by atoms with Crippen LogP contribution in [0.25, 0.3) is 86.7 Å². The van der Waals surface area contributed by atoms with Crippen molar-refractivity contribution in [2.75, 3.05) is 0 Å². The lowest BCUT2D eigenvalue weighted by Gasteiger charge is -2.17. The Hall–Kier alpha value is -4.86. The predicted molar refractivity (Wildman–Crippen MR) is 165 cm³/mol. The molecule has 0 aliphatic heterocycles. The van der Waals surface area contributed by atoms with Crippen LogP contribution in [0.15, 0.2) is 121 Å². The van der Waals surface area contributed by atoms with Gasteiger partial charge in [0.15, 0.2) is 0 Å². The van der Waals surface area contributed by atoms with Gasteiger partial charge >= 0.3 is 0 Å². The van der Waals surface area contributed by atoms with E-state index in [2.05, 4.69) is 97.1 Å². The Morgan fingerprint density at radius 3 is 1.62 bits per heavy atom. The molecular formula is C36H20N2S. The minimum Gasteiger partial charge on any atom is -0.244 e. The SMILES string of the molecule is c1ccc(-c2nc3ccccc3nc2-c2ccc3c4c(cccc24)-c2cccc4sc5cccc-3c5c24)cc1. The van der Waals surface area contributed by atoms with E-state index in [-0.39, 0.29) is 0 Å². The standard InChI is InChI=1S/C36H20N2S/c1-2-9-21(10-3-1)35-36(38-29-16-5-4-15-28(29)37-35)27-20-19-26-24-14-8-18-31-34(24)33-23(13-7-17-30(33)39-31)22-11-6-12-25(27)32(22)26/h1-20H. The molecule has 180 valence electrons. The molecule has 0 saturated carbocycles. The van der Waals surface area contributed by atoms with Crippen LogP contribution in [0.2, 0.25) is 0 Å². The van der Waals surface area contributed by atoms with Crippen LogP contribution in [-0.2, 0) is 0 Å². The van der Waals surface area contributed by atoms with Crippen LogP contribution in [0.3, 0.4) is 0 Å². The number of para-hydroxylation sites is 2. The second-order valence-corrected chi connectivity index (χ2v) is 11.2. The van der Waals surface area contributed by atoms with Crippen molar-refractivity contribution in [2.45, 2.75) is 0 Å². The molecule has 0 radical (unpaired) electrons. The highest BCUT2D eigenvalue weighted by molar-refractivity contribution is 7.26. The fourth-order valence-electron chi connectivity index (χ4n) is 6.36. The normalized spacial score (nSPS) is 12.1. The zero-order valence-electron chi connectivity index (χ0n) is 20.8. The van der Waals surface area contributed by atoms with Gasteiger partial charge in [0.2, 0.25) is 0 Å². The highest BCUT2D eigenvalue weighted by atomic mass is 32.1. The van der Waals surface area contributed by atoms with Crippen molar-refractivity contribution < 1.29 is 0 Å². The molecule has 0 saturated heterocycles. The Labute approximate surface area is 228 Å². The molecular weight excluding hydrogens is 492 g/mol. The van der Waals surface area contributed by atoms with E-state index in [9.17, 15) is 0 Å². The third-order valence-electron chi connectivity index (χ3n) is 8.02. The van der Waals surface area contributed by atoms with Gasteiger partial charge in [-0.25, -0.2) is 9.97 Å². The van der Waals surface area contributed by atoms with Crippen molar-refractivity contribution in [1.29, 1.82) is 0 Å². The zero-order chi connectivity index (χ0) is 25.5. The number of thiophene rings is 1. The lowest BCUT2D eigenvalue weighted by molar-refractivity contribution is 1.30. The van der Waals surface area contributed by atoms with Gasteiger partial charge in [0.25, 0.3) is 0 Å². The van der Waals surface area contributed by atoms with Gasteiger partial charge in [0.1, 0.15) is 0 Å². The molecule has 0 atom stereocenters. The largest absolute Gasteiger partial charge is 0.244 e. The molecule has 39 heavy (non-hydrogen) atoms. The summed E-state index contributed by atoms with van der Waals surface area (Å²) in [7, 11) is 0. The molecule has 8 aromatic rings. The maximum Gasteiger partial charge on any atom is 0.0979 e. The van der Waals surface area contributed by atoms with E-state index in [1.54, 1.807) is 0 Å². The second-order valence-electron chi connectivity index (χ2n) is 10.1. The number of fused-ring (bicyclic) bond motifs is 3. The summed E-state index contributed by atoms with van der Waals surface area (Å²) in [5.74, 6) is 0. The van der Waals surface area contributed by atoms with Crippen LogP contribution in [-0.4, -0.2) is 9.97 Å². The lowest BCUT2D eigenvalue weighted by atomic mass is 9.89. The molecule has 1 aliphatic carbocycles. The summed E-state index contributed by atoms with van der Waals surface area (Å²) in [6.07, 6.45) is 0. The Kier molecular flexibility index (Phi) is 4.24. The number of hydrogen-bond acceptors (Lipinski definition) is 3. The molecule has 3 heteroatoms. The summed E-state index contributed by atoms with van der Waals surface area (Å²) in [5.41, 5.74) is 11.0. The first-order valence-electron chi connectivity index (χ1n) is 13.2. The van der Waals surface area contributed by atoms with E-state index in [0.29, 0.717) is 0 Å². The van der Waals surface area contributed by atoms with Crippen LogP contribution in [0, 0.1) is 0 Å².